The molecule has 2 aromatic heterocycles. The second-order valence-electron chi connectivity index (χ2n) is 10.1. The molecule has 0 atom stereocenters. The molecular weight excluding hydrogens is 454 g/mol. The number of H-pyrrole nitrogens is 2. The Morgan fingerprint density at radius 2 is 1.81 bits per heavy atom. The second kappa shape index (κ2) is 9.66. The molecule has 0 aliphatic carbocycles. The van der Waals surface area contributed by atoms with Gasteiger partial charge in [0, 0.05) is 43.1 Å². The molecule has 1 aliphatic rings. The Labute approximate surface area is 210 Å². The summed E-state index contributed by atoms with van der Waals surface area (Å²) in [4.78, 5) is 25.1. The molecular formula is C27H33N7O2. The van der Waals surface area contributed by atoms with Crippen molar-refractivity contribution in [1.29, 1.82) is 0 Å². The molecule has 0 unspecified atom stereocenters. The van der Waals surface area contributed by atoms with Gasteiger partial charge in [0.1, 0.15) is 11.3 Å². The van der Waals surface area contributed by atoms with E-state index in [-0.39, 0.29) is 0 Å². The normalized spacial score (nSPS) is 14.8. The fourth-order valence-corrected chi connectivity index (χ4v) is 4.38. The first-order valence-corrected chi connectivity index (χ1v) is 12.4. The van der Waals surface area contributed by atoms with Crippen molar-refractivity contribution in [2.45, 2.75) is 33.3 Å². The Morgan fingerprint density at radius 1 is 1.06 bits per heavy atom. The van der Waals surface area contributed by atoms with Gasteiger partial charge < -0.3 is 19.5 Å². The second-order valence-corrected chi connectivity index (χ2v) is 10.1. The van der Waals surface area contributed by atoms with Crippen LogP contribution in [0.25, 0.3) is 33.8 Å². The minimum Gasteiger partial charge on any atom is -0.444 e. The van der Waals surface area contributed by atoms with Gasteiger partial charge in [-0.05, 0) is 63.7 Å². The smallest absolute Gasteiger partial charge is 0.412 e. The van der Waals surface area contributed by atoms with E-state index in [2.05, 4.69) is 55.4 Å². The lowest BCUT2D eigenvalue weighted by Gasteiger charge is -2.35. The first kappa shape index (κ1) is 23.9. The minimum atomic E-state index is -0.544. The number of rotatable bonds is 5. The number of nitrogens with one attached hydrogen (secondary N) is 3. The number of anilines is 2. The van der Waals surface area contributed by atoms with Crippen molar-refractivity contribution in [3.63, 3.8) is 0 Å². The van der Waals surface area contributed by atoms with Gasteiger partial charge in [-0.25, -0.2) is 9.78 Å². The van der Waals surface area contributed by atoms with E-state index >= 15 is 0 Å². The van der Waals surface area contributed by atoms with Crippen LogP contribution in [0.4, 0.5) is 16.2 Å². The molecule has 2 aromatic carbocycles. The van der Waals surface area contributed by atoms with E-state index in [0.717, 1.165) is 66.5 Å². The predicted octanol–water partition coefficient (Wildman–Crippen LogP) is 5.11. The van der Waals surface area contributed by atoms with Crippen LogP contribution in [0.1, 0.15) is 27.7 Å². The van der Waals surface area contributed by atoms with E-state index in [1.807, 2.05) is 51.1 Å². The number of nitrogens with zero attached hydrogens (tertiary/aromatic N) is 4. The fourth-order valence-electron chi connectivity index (χ4n) is 4.38. The van der Waals surface area contributed by atoms with Crippen LogP contribution in [0.2, 0.25) is 0 Å². The van der Waals surface area contributed by atoms with Gasteiger partial charge in [-0.15, -0.1) is 0 Å². The summed E-state index contributed by atoms with van der Waals surface area (Å²) in [6.07, 6.45) is -0.478. The maximum absolute atomic E-state index is 12.0. The van der Waals surface area contributed by atoms with Crippen LogP contribution in [0, 0.1) is 0 Å². The van der Waals surface area contributed by atoms with Crippen molar-refractivity contribution in [2.24, 2.45) is 0 Å². The number of piperazine rings is 1. The molecule has 3 N–H and O–H groups in total. The summed E-state index contributed by atoms with van der Waals surface area (Å²) in [5.41, 5.74) is 5.81. The standard InChI is InChI=1S/C27H33N7O2/c1-5-33-12-14-34(15-13-33)20-10-11-21-23(16-20)30-25(29-21)24-17-22(31-32-24)18-6-8-19(9-7-18)28-26(35)36-27(2,3)4/h6-11,16-17H,5,12-15H2,1-4H3,(H,28,35)(H,29,30)(H,31,32). The number of amides is 1. The van der Waals surface area contributed by atoms with Crippen LogP contribution >= 0.6 is 0 Å². The van der Waals surface area contributed by atoms with Crippen LogP contribution in [-0.4, -0.2) is 69.5 Å². The molecule has 36 heavy (non-hydrogen) atoms. The van der Waals surface area contributed by atoms with Crippen molar-refractivity contribution in [3.8, 4) is 22.8 Å². The topological polar surface area (TPSA) is 102 Å². The maximum atomic E-state index is 12.0. The summed E-state index contributed by atoms with van der Waals surface area (Å²) in [6.45, 7) is 13.1. The van der Waals surface area contributed by atoms with Gasteiger partial charge in [0.15, 0.2) is 5.82 Å². The molecule has 1 aliphatic heterocycles. The number of imidazole rings is 1. The Morgan fingerprint density at radius 3 is 2.50 bits per heavy atom. The lowest BCUT2D eigenvalue weighted by molar-refractivity contribution is 0.0636. The summed E-state index contributed by atoms with van der Waals surface area (Å²) < 4.78 is 5.30. The van der Waals surface area contributed by atoms with Crippen molar-refractivity contribution in [2.75, 3.05) is 42.9 Å². The number of fused-ring (bicyclic) bond motifs is 1. The van der Waals surface area contributed by atoms with Crippen molar-refractivity contribution in [3.05, 3.63) is 48.5 Å². The quantitative estimate of drug-likeness (QED) is 0.362. The summed E-state index contributed by atoms with van der Waals surface area (Å²) in [6, 6.07) is 15.9. The van der Waals surface area contributed by atoms with E-state index in [1.54, 1.807) is 0 Å². The van der Waals surface area contributed by atoms with E-state index < -0.39 is 11.7 Å². The van der Waals surface area contributed by atoms with Crippen LogP contribution < -0.4 is 10.2 Å². The number of carbonyl (C=O) groups excluding carboxylic acids is 1. The largest absolute Gasteiger partial charge is 0.444 e. The molecule has 9 nitrogen and oxygen atoms in total. The molecule has 188 valence electrons. The Bertz CT molecular complexity index is 1340. The highest BCUT2D eigenvalue weighted by Gasteiger charge is 2.18. The van der Waals surface area contributed by atoms with Gasteiger partial charge >= 0.3 is 6.09 Å². The van der Waals surface area contributed by atoms with Gasteiger partial charge in [-0.2, -0.15) is 5.10 Å². The third kappa shape index (κ3) is 5.36. The average Bonchev–Trinajstić information content (AvgIpc) is 3.50. The first-order chi connectivity index (χ1) is 17.3. The summed E-state index contributed by atoms with van der Waals surface area (Å²) in [5, 5.41) is 10.3. The van der Waals surface area contributed by atoms with E-state index in [9.17, 15) is 4.79 Å². The van der Waals surface area contributed by atoms with Crippen LogP contribution in [-0.2, 0) is 4.74 Å². The molecule has 0 saturated carbocycles. The zero-order chi connectivity index (χ0) is 25.3. The van der Waals surface area contributed by atoms with Crippen molar-refractivity contribution in [1.82, 2.24) is 25.1 Å². The fraction of sp³-hybridized carbons (Fsp3) is 0.370. The third-order valence-corrected chi connectivity index (χ3v) is 6.31. The molecule has 0 spiro atoms. The molecule has 1 amide bonds. The Balaban J connectivity index is 1.28. The zero-order valence-electron chi connectivity index (χ0n) is 21.3. The number of benzene rings is 2. The first-order valence-electron chi connectivity index (χ1n) is 12.4. The number of carbonyl (C=O) groups is 1. The lowest BCUT2D eigenvalue weighted by atomic mass is 10.1. The Hall–Kier alpha value is -3.85. The number of hydrogen-bond donors (Lipinski definition) is 3. The van der Waals surface area contributed by atoms with Gasteiger partial charge in [0.05, 0.1) is 16.7 Å². The SMILES string of the molecule is CCN1CCN(c2ccc3nc(-c4cc(-c5ccc(NC(=O)OC(C)(C)C)cc5)n[nH]4)[nH]c3c2)CC1. The zero-order valence-corrected chi connectivity index (χ0v) is 21.3. The van der Waals surface area contributed by atoms with Crippen LogP contribution in [0.15, 0.2) is 48.5 Å². The summed E-state index contributed by atoms with van der Waals surface area (Å²) >= 11 is 0. The van der Waals surface area contributed by atoms with E-state index in [4.69, 9.17) is 9.72 Å². The lowest BCUT2D eigenvalue weighted by Crippen LogP contribution is -2.46. The molecule has 5 rings (SSSR count). The van der Waals surface area contributed by atoms with Crippen molar-refractivity contribution >= 4 is 28.5 Å². The third-order valence-electron chi connectivity index (χ3n) is 6.31. The summed E-state index contributed by atoms with van der Waals surface area (Å²) in [7, 11) is 0. The number of aromatic amines is 2. The van der Waals surface area contributed by atoms with Gasteiger partial charge in [0.2, 0.25) is 0 Å². The highest BCUT2D eigenvalue weighted by molar-refractivity contribution is 5.85. The van der Waals surface area contributed by atoms with Gasteiger partial charge in [-0.1, -0.05) is 19.1 Å². The molecule has 0 bridgehead atoms. The van der Waals surface area contributed by atoms with Crippen LogP contribution in [0.3, 0.4) is 0 Å². The van der Waals surface area contributed by atoms with E-state index in [1.165, 1.54) is 5.69 Å². The number of hydrogen-bond acceptors (Lipinski definition) is 6. The molecule has 3 heterocycles. The number of likely N-dealkylation sites (N-methyl/N-ethyl adjacent to an activating group) is 1. The number of ether oxygens (including phenoxy) is 1. The minimum absolute atomic E-state index is 0.478. The van der Waals surface area contributed by atoms with Crippen LogP contribution in [0.5, 0.6) is 0 Å². The molecule has 0 radical (unpaired) electrons. The highest BCUT2D eigenvalue weighted by Crippen LogP contribution is 2.27. The van der Waals surface area contributed by atoms with Gasteiger partial charge in [0.25, 0.3) is 0 Å². The molecule has 1 fully saturated rings. The predicted molar refractivity (Wildman–Crippen MR) is 143 cm³/mol. The number of aromatic nitrogens is 4. The Kier molecular flexibility index (Phi) is 6.40. The molecule has 4 aromatic rings. The monoisotopic (exact) mass is 487 g/mol. The van der Waals surface area contributed by atoms with E-state index in [0.29, 0.717) is 5.69 Å². The average molecular weight is 488 g/mol. The van der Waals surface area contributed by atoms with Crippen molar-refractivity contribution < 1.29 is 9.53 Å². The molecule has 9 heteroatoms. The highest BCUT2D eigenvalue weighted by atomic mass is 16.6. The molecule has 1 saturated heterocycles. The summed E-state index contributed by atoms with van der Waals surface area (Å²) in [5.74, 6) is 0.750. The maximum Gasteiger partial charge on any atom is 0.412 e. The van der Waals surface area contributed by atoms with Gasteiger partial charge in [-0.3, -0.25) is 10.4 Å².